The van der Waals surface area contributed by atoms with Gasteiger partial charge in [0.25, 0.3) is 0 Å². The Bertz CT molecular complexity index is 272. The van der Waals surface area contributed by atoms with E-state index in [2.05, 4.69) is 11.9 Å². The normalized spacial score (nSPS) is 22.2. The minimum atomic E-state index is -5.08. The first-order valence-corrected chi connectivity index (χ1v) is 4.43. The lowest BCUT2D eigenvalue weighted by atomic mass is 9.62. The van der Waals surface area contributed by atoms with E-state index < -0.39 is 12.1 Å². The first-order chi connectivity index (χ1) is 6.75. The number of carbonyl (C=O) groups is 1. The predicted molar refractivity (Wildman–Crippen MR) is 47.4 cm³/mol. The van der Waals surface area contributed by atoms with Gasteiger partial charge in [0.1, 0.15) is 0 Å². The highest BCUT2D eigenvalue weighted by Gasteiger charge is 2.44. The van der Waals surface area contributed by atoms with Gasteiger partial charge in [-0.2, -0.15) is 13.2 Å². The summed E-state index contributed by atoms with van der Waals surface area (Å²) in [4.78, 5) is 8.90. The topological polar surface area (TPSA) is 49.3 Å². The highest BCUT2D eigenvalue weighted by molar-refractivity contribution is 5.73. The van der Waals surface area contributed by atoms with Crippen molar-refractivity contribution in [3.05, 3.63) is 12.2 Å². The molecular weight excluding hydrogens is 211 g/mol. The molecule has 0 bridgehead atoms. The molecule has 0 amide bonds. The molecular formula is C9H12F3NO2. The molecule has 0 aromatic carbocycles. The van der Waals surface area contributed by atoms with E-state index in [4.69, 9.17) is 9.90 Å². The average Bonchev–Trinajstić information content (AvgIpc) is 1.94. The molecule has 1 spiro atoms. The molecule has 1 heterocycles. The number of halogens is 3. The molecule has 2 aliphatic rings. The van der Waals surface area contributed by atoms with Crippen LogP contribution in [0.15, 0.2) is 12.2 Å². The van der Waals surface area contributed by atoms with Crippen LogP contribution in [0, 0.1) is 5.41 Å². The minimum absolute atomic E-state index is 0.705. The monoisotopic (exact) mass is 223 g/mol. The summed E-state index contributed by atoms with van der Waals surface area (Å²) in [5, 5.41) is 10.4. The van der Waals surface area contributed by atoms with Crippen molar-refractivity contribution >= 4 is 5.97 Å². The maximum atomic E-state index is 10.6. The van der Waals surface area contributed by atoms with E-state index in [1.807, 2.05) is 0 Å². The van der Waals surface area contributed by atoms with Crippen LogP contribution in [0.1, 0.15) is 12.8 Å². The Labute approximate surface area is 85.0 Å². The summed E-state index contributed by atoms with van der Waals surface area (Å²) in [6, 6.07) is 0. The molecule has 15 heavy (non-hydrogen) atoms. The predicted octanol–water partition coefficient (Wildman–Crippen LogP) is 1.56. The van der Waals surface area contributed by atoms with Gasteiger partial charge < -0.3 is 10.4 Å². The van der Waals surface area contributed by atoms with Crippen LogP contribution in [0.5, 0.6) is 0 Å². The fourth-order valence-corrected chi connectivity index (χ4v) is 1.74. The molecule has 3 nitrogen and oxygen atoms in total. The van der Waals surface area contributed by atoms with Gasteiger partial charge in [-0.1, -0.05) is 12.2 Å². The van der Waals surface area contributed by atoms with Crippen LogP contribution < -0.4 is 5.32 Å². The highest BCUT2D eigenvalue weighted by Crippen LogP contribution is 2.46. The summed E-state index contributed by atoms with van der Waals surface area (Å²) < 4.78 is 31.7. The van der Waals surface area contributed by atoms with Gasteiger partial charge in [-0.05, 0) is 12.8 Å². The Balaban J connectivity index is 0.000000153. The number of carboxylic acids is 1. The quantitative estimate of drug-likeness (QED) is 0.613. The number of rotatable bonds is 0. The number of alkyl halides is 3. The number of hydrogen-bond acceptors (Lipinski definition) is 2. The van der Waals surface area contributed by atoms with Gasteiger partial charge in [-0.25, -0.2) is 4.79 Å². The van der Waals surface area contributed by atoms with Gasteiger partial charge in [0.2, 0.25) is 0 Å². The third-order valence-electron chi connectivity index (χ3n) is 2.49. The lowest BCUT2D eigenvalue weighted by Crippen LogP contribution is -2.57. The molecule has 0 unspecified atom stereocenters. The molecule has 2 fully saturated rings. The van der Waals surface area contributed by atoms with E-state index in [1.54, 1.807) is 0 Å². The number of aliphatic carboxylic acids is 1. The third-order valence-corrected chi connectivity index (χ3v) is 2.49. The van der Waals surface area contributed by atoms with E-state index in [0.717, 1.165) is 0 Å². The smallest absolute Gasteiger partial charge is 0.475 e. The van der Waals surface area contributed by atoms with Crippen molar-refractivity contribution in [1.29, 1.82) is 0 Å². The van der Waals surface area contributed by atoms with Gasteiger partial charge in [0.15, 0.2) is 0 Å². The van der Waals surface area contributed by atoms with Gasteiger partial charge in [-0.3, -0.25) is 0 Å². The lowest BCUT2D eigenvalue weighted by Gasteiger charge is -2.51. The van der Waals surface area contributed by atoms with Crippen LogP contribution in [0.3, 0.4) is 0 Å². The van der Waals surface area contributed by atoms with Crippen molar-refractivity contribution in [2.75, 3.05) is 13.1 Å². The molecule has 6 heteroatoms. The Morgan fingerprint density at radius 2 is 1.80 bits per heavy atom. The van der Waals surface area contributed by atoms with E-state index in [0.29, 0.717) is 5.41 Å². The summed E-state index contributed by atoms with van der Waals surface area (Å²) in [5.74, 6) is -2.76. The summed E-state index contributed by atoms with van der Waals surface area (Å²) in [5.41, 5.74) is 2.16. The lowest BCUT2D eigenvalue weighted by molar-refractivity contribution is -0.192. The zero-order valence-corrected chi connectivity index (χ0v) is 8.02. The molecule has 1 aliphatic carbocycles. The molecule has 1 aliphatic heterocycles. The van der Waals surface area contributed by atoms with Gasteiger partial charge in [0.05, 0.1) is 0 Å². The third kappa shape index (κ3) is 2.95. The van der Waals surface area contributed by atoms with Gasteiger partial charge in [-0.15, -0.1) is 0 Å². The van der Waals surface area contributed by atoms with Gasteiger partial charge in [0, 0.05) is 18.5 Å². The second-order valence-electron chi connectivity index (χ2n) is 4.01. The summed E-state index contributed by atoms with van der Waals surface area (Å²) >= 11 is 0. The fourth-order valence-electron chi connectivity index (χ4n) is 1.74. The van der Waals surface area contributed by atoms with Crippen molar-refractivity contribution in [3.8, 4) is 0 Å². The SMILES string of the molecule is C=C1CC2(CNC2)C1.O=C(O)C(F)(F)F. The number of nitrogens with one attached hydrogen (secondary N) is 1. The number of hydrogen-bond donors (Lipinski definition) is 2. The molecule has 0 atom stereocenters. The molecule has 0 aromatic heterocycles. The van der Waals surface area contributed by atoms with Crippen molar-refractivity contribution in [1.82, 2.24) is 5.32 Å². The zero-order chi connectivity index (χ0) is 11.7. The van der Waals surface area contributed by atoms with E-state index in [9.17, 15) is 13.2 Å². The van der Waals surface area contributed by atoms with Crippen LogP contribution >= 0.6 is 0 Å². The van der Waals surface area contributed by atoms with E-state index in [-0.39, 0.29) is 0 Å². The molecule has 2 rings (SSSR count). The molecule has 2 N–H and O–H groups in total. The van der Waals surface area contributed by atoms with E-state index >= 15 is 0 Å². The fraction of sp³-hybridized carbons (Fsp3) is 0.667. The molecule has 0 aromatic rings. The van der Waals surface area contributed by atoms with Crippen LogP contribution in [-0.2, 0) is 4.79 Å². The van der Waals surface area contributed by atoms with Crippen molar-refractivity contribution in [3.63, 3.8) is 0 Å². The summed E-state index contributed by atoms with van der Waals surface area (Å²) in [6.07, 6.45) is -2.50. The maximum Gasteiger partial charge on any atom is 0.490 e. The molecule has 0 radical (unpaired) electrons. The van der Waals surface area contributed by atoms with Crippen LogP contribution in [0.4, 0.5) is 13.2 Å². The number of carboxylic acid groups (broad SMARTS) is 1. The Morgan fingerprint density at radius 1 is 1.40 bits per heavy atom. The highest BCUT2D eigenvalue weighted by atomic mass is 19.4. The van der Waals surface area contributed by atoms with E-state index in [1.165, 1.54) is 31.5 Å². The molecule has 1 saturated carbocycles. The molecule has 86 valence electrons. The Hall–Kier alpha value is -1.04. The maximum absolute atomic E-state index is 10.6. The Kier molecular flexibility index (Phi) is 3.08. The minimum Gasteiger partial charge on any atom is -0.475 e. The van der Waals surface area contributed by atoms with Gasteiger partial charge >= 0.3 is 12.1 Å². The summed E-state index contributed by atoms with van der Waals surface area (Å²) in [6.45, 7) is 6.39. The average molecular weight is 223 g/mol. The standard InChI is InChI=1S/C7H11N.C2HF3O2/c1-6-2-7(3-6)4-8-5-7;3-2(4,5)1(6)7/h8H,1-5H2;(H,6,7). The second kappa shape index (κ2) is 3.84. The first kappa shape index (κ1) is 12.0. The van der Waals surface area contributed by atoms with Crippen LogP contribution in [-0.4, -0.2) is 30.3 Å². The van der Waals surface area contributed by atoms with Crippen molar-refractivity contribution < 1.29 is 23.1 Å². The molecule has 1 saturated heterocycles. The van der Waals surface area contributed by atoms with Crippen LogP contribution in [0.2, 0.25) is 0 Å². The van der Waals surface area contributed by atoms with Crippen molar-refractivity contribution in [2.24, 2.45) is 5.41 Å². The first-order valence-electron chi connectivity index (χ1n) is 4.43. The second-order valence-corrected chi connectivity index (χ2v) is 4.01. The van der Waals surface area contributed by atoms with Crippen LogP contribution in [0.25, 0.3) is 0 Å². The summed E-state index contributed by atoms with van der Waals surface area (Å²) in [7, 11) is 0. The zero-order valence-electron chi connectivity index (χ0n) is 8.02. The Morgan fingerprint density at radius 3 is 1.87 bits per heavy atom. The largest absolute Gasteiger partial charge is 0.490 e. The number of allylic oxidation sites excluding steroid dienone is 1. The van der Waals surface area contributed by atoms with Crippen molar-refractivity contribution in [2.45, 2.75) is 19.0 Å².